The number of phosphoric acid groups is 1. The minimum atomic E-state index is -4.16. The van der Waals surface area contributed by atoms with Crippen LogP contribution in [0.3, 0.4) is 0 Å². The molecule has 1 N–H and O–H groups in total. The Labute approximate surface area is 104 Å². The molecule has 15 heavy (non-hydrogen) atoms. The van der Waals surface area contributed by atoms with Gasteiger partial charge in [-0.2, -0.15) is 0 Å². The molecule has 0 aliphatic rings. The molecule has 0 aromatic heterocycles. The zero-order chi connectivity index (χ0) is 12.1. The Kier molecular flexibility index (Phi) is 7.81. The van der Waals surface area contributed by atoms with Gasteiger partial charge in [0.05, 0.1) is 12.0 Å². The van der Waals surface area contributed by atoms with Crippen LogP contribution in [-0.2, 0) is 13.6 Å². The van der Waals surface area contributed by atoms with Crippen LogP contribution in [0.25, 0.3) is 0 Å². The molecule has 0 heterocycles. The van der Waals surface area contributed by atoms with Crippen LogP contribution in [0.2, 0.25) is 0 Å². The number of hydrogen-bond donors (Lipinski definition) is 1. The third kappa shape index (κ3) is 7.01. The topological polar surface area (TPSA) is 55.8 Å². The molecule has 0 aromatic carbocycles. The zero-order valence-corrected chi connectivity index (χ0v) is 11.6. The van der Waals surface area contributed by atoms with Crippen LogP contribution < -0.4 is 0 Å². The van der Waals surface area contributed by atoms with E-state index in [9.17, 15) is 4.57 Å². The highest BCUT2D eigenvalue weighted by atomic mass is 35.5. The Morgan fingerprint density at radius 1 is 1.40 bits per heavy atom. The van der Waals surface area contributed by atoms with E-state index in [-0.39, 0.29) is 18.4 Å². The summed E-state index contributed by atoms with van der Waals surface area (Å²) >= 11 is 16.8. The number of hydrogen-bond acceptors (Lipinski definition) is 3. The molecule has 3 unspecified atom stereocenters. The molecule has 92 valence electrons. The fraction of sp³-hybridized carbons (Fsp3) is 1.00. The van der Waals surface area contributed by atoms with E-state index in [1.165, 1.54) is 0 Å². The molecule has 0 fully saturated rings. The monoisotopic (exact) mass is 298 g/mol. The fourth-order valence-electron chi connectivity index (χ4n) is 0.668. The van der Waals surface area contributed by atoms with Gasteiger partial charge in [-0.1, -0.05) is 25.4 Å². The first kappa shape index (κ1) is 16.0. The van der Waals surface area contributed by atoms with Crippen molar-refractivity contribution in [1.82, 2.24) is 0 Å². The Morgan fingerprint density at radius 3 is 2.33 bits per heavy atom. The van der Waals surface area contributed by atoms with Crippen LogP contribution in [0.5, 0.6) is 0 Å². The molecule has 0 saturated carbocycles. The van der Waals surface area contributed by atoms with Gasteiger partial charge in [0.1, 0.15) is 0 Å². The number of halogens is 3. The van der Waals surface area contributed by atoms with E-state index in [4.69, 9.17) is 39.7 Å². The average molecular weight is 300 g/mol. The molecule has 0 radical (unpaired) electrons. The van der Waals surface area contributed by atoms with E-state index < -0.39 is 18.8 Å². The van der Waals surface area contributed by atoms with E-state index in [2.05, 4.69) is 9.05 Å². The Balaban J connectivity index is 4.14. The van der Waals surface area contributed by atoms with Crippen LogP contribution in [0.15, 0.2) is 0 Å². The highest BCUT2D eigenvalue weighted by Crippen LogP contribution is 2.46. The Bertz CT molecular complexity index is 226. The standard InChI is InChI=1S/C7H14Cl3O4P/c1-5(2)6(9)7(10)14-15(11,12)13-4-3-8/h5-7H,3-4H2,1-2H3,(H,11,12). The molecule has 0 spiro atoms. The van der Waals surface area contributed by atoms with Crippen molar-refractivity contribution in [1.29, 1.82) is 0 Å². The summed E-state index contributed by atoms with van der Waals surface area (Å²) in [5.41, 5.74) is -1.09. The largest absolute Gasteiger partial charge is 0.473 e. The van der Waals surface area contributed by atoms with Gasteiger partial charge in [0, 0.05) is 5.88 Å². The summed E-state index contributed by atoms with van der Waals surface area (Å²) in [6, 6.07) is 0. The van der Waals surface area contributed by atoms with Crippen molar-refractivity contribution in [2.75, 3.05) is 12.5 Å². The molecule has 0 amide bonds. The third-order valence-corrected chi connectivity index (χ3v) is 3.96. The van der Waals surface area contributed by atoms with E-state index in [1.807, 2.05) is 13.8 Å². The average Bonchev–Trinajstić information content (AvgIpc) is 2.12. The zero-order valence-electron chi connectivity index (χ0n) is 8.40. The van der Waals surface area contributed by atoms with Gasteiger partial charge in [0.25, 0.3) is 0 Å². The summed E-state index contributed by atoms with van der Waals surface area (Å²) in [6.07, 6.45) is 0. The van der Waals surface area contributed by atoms with Gasteiger partial charge in [0.2, 0.25) is 0 Å². The summed E-state index contributed by atoms with van der Waals surface area (Å²) in [4.78, 5) is 9.16. The number of alkyl halides is 3. The first-order valence-corrected chi connectivity index (χ1v) is 7.20. The van der Waals surface area contributed by atoms with Crippen molar-refractivity contribution in [2.24, 2.45) is 5.92 Å². The molecular weight excluding hydrogens is 285 g/mol. The van der Waals surface area contributed by atoms with Crippen LogP contribution in [0.1, 0.15) is 13.8 Å². The first-order chi connectivity index (χ1) is 6.80. The van der Waals surface area contributed by atoms with Crippen molar-refractivity contribution >= 4 is 42.6 Å². The molecular formula is C7H14Cl3O4P. The van der Waals surface area contributed by atoms with Gasteiger partial charge < -0.3 is 4.89 Å². The molecule has 0 aromatic rings. The SMILES string of the molecule is CC(C)C(Cl)C(Cl)OP(=O)(O)OCCCl. The minimum absolute atomic E-state index is 0.0159. The smallest absolute Gasteiger partial charge is 0.302 e. The molecule has 0 aliphatic carbocycles. The van der Waals surface area contributed by atoms with Crippen molar-refractivity contribution in [2.45, 2.75) is 24.8 Å². The Morgan fingerprint density at radius 2 is 1.93 bits per heavy atom. The van der Waals surface area contributed by atoms with Crippen molar-refractivity contribution in [3.8, 4) is 0 Å². The fourth-order valence-corrected chi connectivity index (χ4v) is 2.34. The van der Waals surface area contributed by atoms with E-state index in [1.54, 1.807) is 0 Å². The molecule has 0 aliphatic heterocycles. The minimum Gasteiger partial charge on any atom is -0.302 e. The first-order valence-electron chi connectivity index (χ1n) is 4.30. The van der Waals surface area contributed by atoms with Gasteiger partial charge in [0.15, 0.2) is 5.56 Å². The van der Waals surface area contributed by atoms with Crippen LogP contribution >= 0.6 is 42.6 Å². The van der Waals surface area contributed by atoms with Crippen molar-refractivity contribution in [3.63, 3.8) is 0 Å². The third-order valence-electron chi connectivity index (χ3n) is 1.45. The maximum atomic E-state index is 11.2. The summed E-state index contributed by atoms with van der Waals surface area (Å²) in [7, 11) is -4.16. The number of rotatable bonds is 7. The maximum Gasteiger partial charge on any atom is 0.473 e. The summed E-state index contributed by atoms with van der Waals surface area (Å²) in [5, 5.41) is -0.577. The van der Waals surface area contributed by atoms with Crippen LogP contribution in [0, 0.1) is 5.92 Å². The van der Waals surface area contributed by atoms with E-state index in [0.29, 0.717) is 0 Å². The van der Waals surface area contributed by atoms with E-state index in [0.717, 1.165) is 0 Å². The molecule has 0 saturated heterocycles. The van der Waals surface area contributed by atoms with Gasteiger partial charge >= 0.3 is 7.82 Å². The highest BCUT2D eigenvalue weighted by Gasteiger charge is 2.30. The predicted octanol–water partition coefficient (Wildman–Crippen LogP) is 3.19. The van der Waals surface area contributed by atoms with Gasteiger partial charge in [-0.25, -0.2) is 4.57 Å². The molecule has 0 rings (SSSR count). The van der Waals surface area contributed by atoms with Gasteiger partial charge in [-0.15, -0.1) is 23.2 Å². The van der Waals surface area contributed by atoms with Gasteiger partial charge in [-0.3, -0.25) is 9.05 Å². The lowest BCUT2D eigenvalue weighted by Crippen LogP contribution is -2.23. The Hall–Kier alpha value is 0.980. The molecule has 8 heteroatoms. The second kappa shape index (κ2) is 7.33. The summed E-state index contributed by atoms with van der Waals surface area (Å²) in [5.74, 6) is 0.109. The lowest BCUT2D eigenvalue weighted by atomic mass is 10.1. The number of phosphoric ester groups is 1. The summed E-state index contributed by atoms with van der Waals surface area (Å²) < 4.78 is 20.3. The normalized spacial score (nSPS) is 19.9. The van der Waals surface area contributed by atoms with E-state index >= 15 is 0 Å². The molecule has 4 nitrogen and oxygen atoms in total. The lowest BCUT2D eigenvalue weighted by molar-refractivity contribution is 0.135. The van der Waals surface area contributed by atoms with Crippen molar-refractivity contribution in [3.05, 3.63) is 0 Å². The lowest BCUT2D eigenvalue weighted by Gasteiger charge is -2.21. The van der Waals surface area contributed by atoms with Crippen molar-refractivity contribution < 1.29 is 18.5 Å². The second-order valence-electron chi connectivity index (χ2n) is 3.14. The predicted molar refractivity (Wildman–Crippen MR) is 61.7 cm³/mol. The second-order valence-corrected chi connectivity index (χ2v) is 5.85. The van der Waals surface area contributed by atoms with Crippen LogP contribution in [-0.4, -0.2) is 28.3 Å². The maximum absolute atomic E-state index is 11.2. The molecule has 3 atom stereocenters. The summed E-state index contributed by atoms with van der Waals surface area (Å²) in [6.45, 7) is 3.55. The highest BCUT2D eigenvalue weighted by molar-refractivity contribution is 7.47. The molecule has 0 bridgehead atoms. The van der Waals surface area contributed by atoms with Gasteiger partial charge in [-0.05, 0) is 5.92 Å². The quantitative estimate of drug-likeness (QED) is 0.579. The van der Waals surface area contributed by atoms with Crippen LogP contribution in [0.4, 0.5) is 0 Å².